The Morgan fingerprint density at radius 2 is 1.93 bits per heavy atom. The summed E-state index contributed by atoms with van der Waals surface area (Å²) >= 11 is 5.97. The highest BCUT2D eigenvalue weighted by atomic mass is 35.5. The third-order valence-electron chi connectivity index (χ3n) is 4.36. The highest BCUT2D eigenvalue weighted by molar-refractivity contribution is 7.93. The normalized spacial score (nSPS) is 15.5. The smallest absolute Gasteiger partial charge is 0.277 e. The second kappa shape index (κ2) is 7.29. The van der Waals surface area contributed by atoms with Crippen LogP contribution in [0.25, 0.3) is 11.3 Å². The molecule has 1 N–H and O–H groups in total. The van der Waals surface area contributed by atoms with Crippen LogP contribution >= 0.6 is 11.6 Å². The van der Waals surface area contributed by atoms with Gasteiger partial charge in [-0.05, 0) is 42.8 Å². The second-order valence-corrected chi connectivity index (χ2v) is 8.78. The molecule has 144 valence electrons. The number of hydrogen-bond donors (Lipinski definition) is 1. The summed E-state index contributed by atoms with van der Waals surface area (Å²) in [7, 11) is -3.23. The Morgan fingerprint density at radius 3 is 2.61 bits per heavy atom. The van der Waals surface area contributed by atoms with Crippen LogP contribution in [0.15, 0.2) is 59.1 Å². The predicted octanol–water partition coefficient (Wildman–Crippen LogP) is 3.79. The van der Waals surface area contributed by atoms with E-state index in [4.69, 9.17) is 16.1 Å². The SMILES string of the molecule is O=C(Nc1ccc(N2CCCS2(=O)=O)cc1)c1cc(-c2cccc(Cl)c2)on1. The van der Waals surface area contributed by atoms with Gasteiger partial charge >= 0.3 is 0 Å². The molecule has 0 spiro atoms. The Kier molecular flexibility index (Phi) is 4.82. The first kappa shape index (κ1) is 18.5. The highest BCUT2D eigenvalue weighted by Gasteiger charge is 2.28. The van der Waals surface area contributed by atoms with Gasteiger partial charge in [0.05, 0.1) is 11.4 Å². The average molecular weight is 418 g/mol. The molecule has 0 saturated carbocycles. The number of amides is 1. The lowest BCUT2D eigenvalue weighted by atomic mass is 10.1. The molecule has 0 atom stereocenters. The average Bonchev–Trinajstić information content (AvgIpc) is 3.29. The van der Waals surface area contributed by atoms with Crippen molar-refractivity contribution in [1.29, 1.82) is 0 Å². The van der Waals surface area contributed by atoms with Crippen LogP contribution in [0, 0.1) is 0 Å². The molecule has 1 aromatic heterocycles. The summed E-state index contributed by atoms with van der Waals surface area (Å²) in [5.74, 6) is 0.160. The fraction of sp³-hybridized carbons (Fsp3) is 0.158. The molecule has 3 aromatic rings. The zero-order valence-corrected chi connectivity index (χ0v) is 16.2. The van der Waals surface area contributed by atoms with Crippen LogP contribution in [-0.2, 0) is 10.0 Å². The molecule has 1 aliphatic heterocycles. The van der Waals surface area contributed by atoms with Gasteiger partial charge in [0, 0.05) is 28.9 Å². The van der Waals surface area contributed by atoms with Gasteiger partial charge in [-0.2, -0.15) is 0 Å². The maximum Gasteiger partial charge on any atom is 0.277 e. The van der Waals surface area contributed by atoms with Crippen LogP contribution < -0.4 is 9.62 Å². The zero-order chi connectivity index (χ0) is 19.7. The van der Waals surface area contributed by atoms with Gasteiger partial charge < -0.3 is 9.84 Å². The topological polar surface area (TPSA) is 92.5 Å². The molecular formula is C19H16ClN3O4S. The summed E-state index contributed by atoms with van der Waals surface area (Å²) < 4.78 is 30.6. The second-order valence-electron chi connectivity index (χ2n) is 6.33. The fourth-order valence-corrected chi connectivity index (χ4v) is 4.75. The molecule has 7 nitrogen and oxygen atoms in total. The van der Waals surface area contributed by atoms with Crippen LogP contribution in [0.2, 0.25) is 5.02 Å². The number of anilines is 2. The predicted molar refractivity (Wildman–Crippen MR) is 107 cm³/mol. The van der Waals surface area contributed by atoms with Crippen LogP contribution in [0.3, 0.4) is 0 Å². The first-order valence-electron chi connectivity index (χ1n) is 8.57. The van der Waals surface area contributed by atoms with E-state index in [9.17, 15) is 13.2 Å². The number of nitrogens with one attached hydrogen (secondary N) is 1. The minimum absolute atomic E-state index is 0.126. The van der Waals surface area contributed by atoms with E-state index in [-0.39, 0.29) is 11.4 Å². The number of rotatable bonds is 4. The largest absolute Gasteiger partial charge is 0.355 e. The fourth-order valence-electron chi connectivity index (χ4n) is 3.00. The maximum atomic E-state index is 12.4. The summed E-state index contributed by atoms with van der Waals surface area (Å²) in [6.45, 7) is 0.471. The molecule has 0 radical (unpaired) electrons. The van der Waals surface area contributed by atoms with E-state index in [0.29, 0.717) is 35.1 Å². The molecule has 2 aromatic carbocycles. The molecule has 1 fully saturated rings. The van der Waals surface area contributed by atoms with Crippen molar-refractivity contribution >= 4 is 38.9 Å². The van der Waals surface area contributed by atoms with E-state index in [1.807, 2.05) is 0 Å². The van der Waals surface area contributed by atoms with Crippen LogP contribution in [-0.4, -0.2) is 31.8 Å². The van der Waals surface area contributed by atoms with Gasteiger partial charge in [-0.15, -0.1) is 0 Å². The molecule has 28 heavy (non-hydrogen) atoms. The summed E-state index contributed by atoms with van der Waals surface area (Å²) in [6.07, 6.45) is 0.613. The molecule has 0 unspecified atom stereocenters. The number of nitrogens with zero attached hydrogens (tertiary/aromatic N) is 2. The van der Waals surface area contributed by atoms with Gasteiger partial charge in [-0.3, -0.25) is 9.10 Å². The minimum Gasteiger partial charge on any atom is -0.355 e. The van der Waals surface area contributed by atoms with Crippen molar-refractivity contribution in [3.05, 3.63) is 65.3 Å². The molecular weight excluding hydrogens is 402 g/mol. The molecule has 4 rings (SSSR count). The number of benzene rings is 2. The van der Waals surface area contributed by atoms with Gasteiger partial charge in [-0.1, -0.05) is 28.9 Å². The van der Waals surface area contributed by atoms with E-state index >= 15 is 0 Å². The van der Waals surface area contributed by atoms with Gasteiger partial charge in [0.2, 0.25) is 10.0 Å². The molecule has 9 heteroatoms. The maximum absolute atomic E-state index is 12.4. The lowest BCUT2D eigenvalue weighted by Crippen LogP contribution is -2.25. The molecule has 2 heterocycles. The van der Waals surface area contributed by atoms with E-state index in [2.05, 4.69) is 10.5 Å². The summed E-state index contributed by atoms with van der Waals surface area (Å²) in [5.41, 5.74) is 1.95. The molecule has 1 aliphatic rings. The standard InChI is InChI=1S/C19H16ClN3O4S/c20-14-4-1-3-13(11-14)18-12-17(22-27-18)19(24)21-15-5-7-16(8-6-15)23-9-2-10-28(23,25)26/h1,3-8,11-12H,2,9-10H2,(H,21,24). The van der Waals surface area contributed by atoms with Crippen molar-refractivity contribution in [3.8, 4) is 11.3 Å². The highest BCUT2D eigenvalue weighted by Crippen LogP contribution is 2.26. The Balaban J connectivity index is 1.47. The third kappa shape index (κ3) is 3.74. The Labute approximate surface area is 167 Å². The van der Waals surface area contributed by atoms with E-state index in [0.717, 1.165) is 5.56 Å². The van der Waals surface area contributed by atoms with Gasteiger partial charge in [0.15, 0.2) is 11.5 Å². The van der Waals surface area contributed by atoms with Crippen LogP contribution in [0.4, 0.5) is 11.4 Å². The van der Waals surface area contributed by atoms with Crippen molar-refractivity contribution < 1.29 is 17.7 Å². The van der Waals surface area contributed by atoms with E-state index < -0.39 is 15.9 Å². The van der Waals surface area contributed by atoms with Crippen molar-refractivity contribution in [2.45, 2.75) is 6.42 Å². The Morgan fingerprint density at radius 1 is 1.14 bits per heavy atom. The van der Waals surface area contributed by atoms with Crippen LogP contribution in [0.1, 0.15) is 16.9 Å². The number of aromatic nitrogens is 1. The molecule has 0 bridgehead atoms. The summed E-state index contributed by atoms with van der Waals surface area (Å²) in [5, 5.41) is 7.07. The summed E-state index contributed by atoms with van der Waals surface area (Å²) in [4.78, 5) is 12.4. The minimum atomic E-state index is -3.23. The van der Waals surface area contributed by atoms with Crippen molar-refractivity contribution in [2.75, 3.05) is 21.9 Å². The first-order chi connectivity index (χ1) is 13.4. The number of carbonyl (C=O) groups excluding carboxylic acids is 1. The monoisotopic (exact) mass is 417 g/mol. The number of hydrogen-bond acceptors (Lipinski definition) is 5. The Bertz CT molecular complexity index is 1130. The quantitative estimate of drug-likeness (QED) is 0.697. The molecule has 1 saturated heterocycles. The molecule has 1 amide bonds. The molecule has 0 aliphatic carbocycles. The van der Waals surface area contributed by atoms with Gasteiger partial charge in [0.1, 0.15) is 0 Å². The zero-order valence-electron chi connectivity index (χ0n) is 14.6. The lowest BCUT2D eigenvalue weighted by molar-refractivity contribution is 0.101. The summed E-state index contributed by atoms with van der Waals surface area (Å²) in [6, 6.07) is 15.2. The number of carbonyl (C=O) groups is 1. The first-order valence-corrected chi connectivity index (χ1v) is 10.6. The number of halogens is 1. The Hall–Kier alpha value is -2.84. The van der Waals surface area contributed by atoms with Gasteiger partial charge in [0.25, 0.3) is 5.91 Å². The van der Waals surface area contributed by atoms with E-state index in [1.54, 1.807) is 48.5 Å². The van der Waals surface area contributed by atoms with Crippen molar-refractivity contribution in [1.82, 2.24) is 5.16 Å². The lowest BCUT2D eigenvalue weighted by Gasteiger charge is -2.17. The van der Waals surface area contributed by atoms with Gasteiger partial charge in [-0.25, -0.2) is 8.42 Å². The van der Waals surface area contributed by atoms with Crippen LogP contribution in [0.5, 0.6) is 0 Å². The third-order valence-corrected chi connectivity index (χ3v) is 6.47. The van der Waals surface area contributed by atoms with E-state index in [1.165, 1.54) is 10.4 Å². The van der Waals surface area contributed by atoms with Crippen molar-refractivity contribution in [2.24, 2.45) is 0 Å². The number of sulfonamides is 1. The van der Waals surface area contributed by atoms with Crippen molar-refractivity contribution in [3.63, 3.8) is 0 Å².